The molecule has 0 fully saturated rings. The summed E-state index contributed by atoms with van der Waals surface area (Å²) in [6.45, 7) is 2.09. The van der Waals surface area contributed by atoms with Crippen molar-refractivity contribution in [2.24, 2.45) is 0 Å². The molecule has 4 rings (SSSR count). The fourth-order valence-corrected chi connectivity index (χ4v) is 2.97. The highest BCUT2D eigenvalue weighted by Gasteiger charge is 2.11. The average molecular weight is 272 g/mol. The third kappa shape index (κ3) is 1.88. The maximum Gasteiger partial charge on any atom is 0.0468 e. The first-order valence-electron chi connectivity index (χ1n) is 7.18. The molecule has 0 radical (unpaired) electrons. The van der Waals surface area contributed by atoms with Gasteiger partial charge >= 0.3 is 0 Å². The Morgan fingerprint density at radius 1 is 0.952 bits per heavy atom. The number of hydrogen-bond donors (Lipinski definition) is 2. The van der Waals surface area contributed by atoms with Gasteiger partial charge in [-0.1, -0.05) is 42.5 Å². The van der Waals surface area contributed by atoms with E-state index in [1.807, 2.05) is 0 Å². The van der Waals surface area contributed by atoms with Crippen molar-refractivity contribution in [2.45, 2.75) is 6.92 Å². The first-order chi connectivity index (χ1) is 10.4. The van der Waals surface area contributed by atoms with Crippen LogP contribution in [0.1, 0.15) is 18.2 Å². The maximum atomic E-state index is 3.52. The quantitative estimate of drug-likeness (QED) is 0.509. The van der Waals surface area contributed by atoms with E-state index in [1.165, 1.54) is 32.9 Å². The zero-order valence-corrected chi connectivity index (χ0v) is 11.9. The SMILES string of the molecule is C/C=C(/c1cc2ccccc2[nH]1)c1c[nH]c2ccccc12. The second-order valence-electron chi connectivity index (χ2n) is 5.22. The number of aromatic nitrogens is 2. The molecule has 2 heterocycles. The maximum absolute atomic E-state index is 3.52. The fraction of sp³-hybridized carbons (Fsp3) is 0.0526. The molecule has 4 aromatic rings. The van der Waals surface area contributed by atoms with Crippen LogP contribution >= 0.6 is 0 Å². The molecule has 0 atom stereocenters. The van der Waals surface area contributed by atoms with Crippen LogP contribution in [0.4, 0.5) is 0 Å². The number of aromatic amines is 2. The van der Waals surface area contributed by atoms with Crippen LogP contribution in [-0.2, 0) is 0 Å². The number of benzene rings is 2. The number of hydrogen-bond acceptors (Lipinski definition) is 0. The van der Waals surface area contributed by atoms with Gasteiger partial charge in [0.2, 0.25) is 0 Å². The molecule has 2 N–H and O–H groups in total. The van der Waals surface area contributed by atoms with Crippen LogP contribution in [0, 0.1) is 0 Å². The highest BCUT2D eigenvalue weighted by molar-refractivity contribution is 5.98. The molecule has 0 aliphatic carbocycles. The van der Waals surface area contributed by atoms with Crippen molar-refractivity contribution in [3.8, 4) is 0 Å². The molecule has 0 amide bonds. The van der Waals surface area contributed by atoms with E-state index in [0.29, 0.717) is 0 Å². The highest BCUT2D eigenvalue weighted by Crippen LogP contribution is 2.31. The number of nitrogens with one attached hydrogen (secondary N) is 2. The summed E-state index contributed by atoms with van der Waals surface area (Å²) in [6, 6.07) is 19.0. The van der Waals surface area contributed by atoms with Crippen LogP contribution < -0.4 is 0 Å². The van der Waals surface area contributed by atoms with Gasteiger partial charge in [0, 0.05) is 44.8 Å². The summed E-state index contributed by atoms with van der Waals surface area (Å²) in [5.74, 6) is 0. The Morgan fingerprint density at radius 3 is 2.52 bits per heavy atom. The predicted octanol–water partition coefficient (Wildman–Crippen LogP) is 5.10. The summed E-state index contributed by atoms with van der Waals surface area (Å²) < 4.78 is 0. The monoisotopic (exact) mass is 272 g/mol. The smallest absolute Gasteiger partial charge is 0.0468 e. The van der Waals surface area contributed by atoms with Crippen LogP contribution in [0.3, 0.4) is 0 Å². The third-order valence-corrected chi connectivity index (χ3v) is 3.99. The molecule has 0 spiro atoms. The standard InChI is InChI=1S/C19H16N2/c1-2-14(16-12-20-18-10-6-4-8-15(16)18)19-11-13-7-3-5-9-17(13)21-19/h2-12,20-21H,1H3/b14-2+. The van der Waals surface area contributed by atoms with Gasteiger partial charge in [0.1, 0.15) is 0 Å². The van der Waals surface area contributed by atoms with Crippen molar-refractivity contribution in [1.29, 1.82) is 0 Å². The topological polar surface area (TPSA) is 31.6 Å². The van der Waals surface area contributed by atoms with E-state index in [-0.39, 0.29) is 0 Å². The van der Waals surface area contributed by atoms with E-state index in [9.17, 15) is 0 Å². The van der Waals surface area contributed by atoms with Crippen molar-refractivity contribution in [2.75, 3.05) is 0 Å². The highest BCUT2D eigenvalue weighted by atomic mass is 14.7. The molecule has 21 heavy (non-hydrogen) atoms. The van der Waals surface area contributed by atoms with E-state index in [2.05, 4.69) is 83.8 Å². The summed E-state index contributed by atoms with van der Waals surface area (Å²) in [6.07, 6.45) is 4.26. The van der Waals surface area contributed by atoms with Crippen molar-refractivity contribution in [3.05, 3.63) is 78.1 Å². The van der Waals surface area contributed by atoms with Crippen molar-refractivity contribution in [3.63, 3.8) is 0 Å². The number of para-hydroxylation sites is 2. The Bertz CT molecular complexity index is 921. The second kappa shape index (κ2) is 4.67. The average Bonchev–Trinajstić information content (AvgIpc) is 3.13. The van der Waals surface area contributed by atoms with Crippen molar-refractivity contribution < 1.29 is 0 Å². The third-order valence-electron chi connectivity index (χ3n) is 3.99. The molecule has 0 saturated carbocycles. The lowest BCUT2D eigenvalue weighted by molar-refractivity contribution is 1.38. The minimum Gasteiger partial charge on any atom is -0.361 e. The Hall–Kier alpha value is -2.74. The van der Waals surface area contributed by atoms with Crippen molar-refractivity contribution >= 4 is 27.4 Å². The van der Waals surface area contributed by atoms with Gasteiger partial charge in [0.15, 0.2) is 0 Å². The van der Waals surface area contributed by atoms with Gasteiger partial charge in [-0.3, -0.25) is 0 Å². The van der Waals surface area contributed by atoms with E-state index < -0.39 is 0 Å². The second-order valence-corrected chi connectivity index (χ2v) is 5.22. The van der Waals surface area contributed by atoms with Gasteiger partial charge in [-0.15, -0.1) is 0 Å². The normalized spacial score (nSPS) is 12.3. The van der Waals surface area contributed by atoms with E-state index in [1.54, 1.807) is 0 Å². The summed E-state index contributed by atoms with van der Waals surface area (Å²) in [4.78, 5) is 6.87. The summed E-state index contributed by atoms with van der Waals surface area (Å²) >= 11 is 0. The van der Waals surface area contributed by atoms with Gasteiger partial charge in [0.25, 0.3) is 0 Å². The first-order valence-corrected chi connectivity index (χ1v) is 7.18. The van der Waals surface area contributed by atoms with Crippen LogP contribution in [0.25, 0.3) is 27.4 Å². The minimum atomic E-state index is 1.16. The summed E-state index contributed by atoms with van der Waals surface area (Å²) in [5.41, 5.74) is 5.96. The molecule has 0 aliphatic rings. The number of rotatable bonds is 2. The lowest BCUT2D eigenvalue weighted by Gasteiger charge is -2.03. The van der Waals surface area contributed by atoms with E-state index >= 15 is 0 Å². The minimum absolute atomic E-state index is 1.16. The summed E-state index contributed by atoms with van der Waals surface area (Å²) in [7, 11) is 0. The molecule has 2 heteroatoms. The first kappa shape index (κ1) is 12.0. The van der Waals surface area contributed by atoms with Crippen LogP contribution in [-0.4, -0.2) is 9.97 Å². The molecular formula is C19H16N2. The Labute approximate surface area is 123 Å². The number of H-pyrrole nitrogens is 2. The number of fused-ring (bicyclic) bond motifs is 2. The Balaban J connectivity index is 1.92. The largest absolute Gasteiger partial charge is 0.361 e. The summed E-state index contributed by atoms with van der Waals surface area (Å²) in [5, 5.41) is 2.50. The fourth-order valence-electron chi connectivity index (χ4n) is 2.97. The zero-order valence-electron chi connectivity index (χ0n) is 11.9. The number of allylic oxidation sites excluding steroid dienone is 1. The van der Waals surface area contributed by atoms with E-state index in [0.717, 1.165) is 5.69 Å². The van der Waals surface area contributed by atoms with Gasteiger partial charge in [-0.2, -0.15) is 0 Å². The zero-order chi connectivity index (χ0) is 14.2. The molecular weight excluding hydrogens is 256 g/mol. The Morgan fingerprint density at radius 2 is 1.71 bits per heavy atom. The molecule has 0 unspecified atom stereocenters. The molecule has 0 aliphatic heterocycles. The lowest BCUT2D eigenvalue weighted by atomic mass is 10.0. The lowest BCUT2D eigenvalue weighted by Crippen LogP contribution is -1.86. The molecule has 2 aromatic carbocycles. The van der Waals surface area contributed by atoms with Crippen LogP contribution in [0.15, 0.2) is 66.9 Å². The van der Waals surface area contributed by atoms with Gasteiger partial charge < -0.3 is 9.97 Å². The van der Waals surface area contributed by atoms with Gasteiger partial charge in [-0.05, 0) is 25.1 Å². The molecule has 0 bridgehead atoms. The van der Waals surface area contributed by atoms with Gasteiger partial charge in [0.05, 0.1) is 0 Å². The van der Waals surface area contributed by atoms with Gasteiger partial charge in [-0.25, -0.2) is 0 Å². The molecule has 2 aromatic heterocycles. The van der Waals surface area contributed by atoms with Crippen molar-refractivity contribution in [1.82, 2.24) is 9.97 Å². The van der Waals surface area contributed by atoms with E-state index in [4.69, 9.17) is 0 Å². The predicted molar refractivity (Wildman–Crippen MR) is 89.4 cm³/mol. The molecule has 102 valence electrons. The van der Waals surface area contributed by atoms with Crippen LogP contribution in [0.5, 0.6) is 0 Å². The molecule has 2 nitrogen and oxygen atoms in total. The molecule has 0 saturated heterocycles. The van der Waals surface area contributed by atoms with Crippen LogP contribution in [0.2, 0.25) is 0 Å². The Kier molecular flexibility index (Phi) is 2.68.